The Bertz CT molecular complexity index is 1020. The lowest BCUT2D eigenvalue weighted by atomic mass is 10.1. The van der Waals surface area contributed by atoms with Gasteiger partial charge >= 0.3 is 0 Å². The third-order valence-electron chi connectivity index (χ3n) is 4.53. The summed E-state index contributed by atoms with van der Waals surface area (Å²) in [6.07, 6.45) is 1.95. The predicted molar refractivity (Wildman–Crippen MR) is 120 cm³/mol. The van der Waals surface area contributed by atoms with Gasteiger partial charge in [-0.2, -0.15) is 5.10 Å². The zero-order chi connectivity index (χ0) is 20.8. The topological polar surface area (TPSA) is 55.6 Å². The van der Waals surface area contributed by atoms with Gasteiger partial charge in [-0.05, 0) is 62.7 Å². The zero-order valence-electron chi connectivity index (χ0n) is 16.8. The highest BCUT2D eigenvalue weighted by Crippen LogP contribution is 2.22. The first-order valence-corrected chi connectivity index (χ1v) is 10.3. The minimum atomic E-state index is -0.161. The van der Waals surface area contributed by atoms with Crippen molar-refractivity contribution >= 4 is 28.1 Å². The minimum Gasteiger partial charge on any atom is -0.494 e. The quantitative estimate of drug-likeness (QED) is 0.406. The maximum absolute atomic E-state index is 12.2. The molecule has 150 valence electrons. The van der Waals surface area contributed by atoms with E-state index in [1.807, 2.05) is 50.2 Å². The van der Waals surface area contributed by atoms with Crippen LogP contribution in [-0.2, 0) is 11.2 Å². The van der Waals surface area contributed by atoms with Crippen LogP contribution in [0.5, 0.6) is 5.75 Å². The van der Waals surface area contributed by atoms with Crippen molar-refractivity contribution in [3.8, 4) is 11.4 Å². The van der Waals surface area contributed by atoms with Crippen molar-refractivity contribution < 1.29 is 9.53 Å². The number of hydrogen-bond acceptors (Lipinski definition) is 3. The molecule has 1 N–H and O–H groups in total. The molecule has 0 bridgehead atoms. The summed E-state index contributed by atoms with van der Waals surface area (Å²) >= 11 is 3.52. The fourth-order valence-corrected chi connectivity index (χ4v) is 3.59. The molecule has 0 aliphatic carbocycles. The first-order chi connectivity index (χ1) is 14.0. The van der Waals surface area contributed by atoms with E-state index in [2.05, 4.69) is 56.1 Å². The summed E-state index contributed by atoms with van der Waals surface area (Å²) in [6.45, 7) is 6.65. The summed E-state index contributed by atoms with van der Waals surface area (Å²) in [5, 5.41) is 4.14. The molecular weight excluding hydrogens is 430 g/mol. The first-order valence-electron chi connectivity index (χ1n) is 9.46. The van der Waals surface area contributed by atoms with Crippen molar-refractivity contribution in [3.05, 3.63) is 81.6 Å². The molecule has 0 fully saturated rings. The van der Waals surface area contributed by atoms with E-state index in [-0.39, 0.29) is 12.3 Å². The Kier molecular flexibility index (Phi) is 6.88. The average molecular weight is 454 g/mol. The number of aromatic nitrogens is 1. The van der Waals surface area contributed by atoms with Crippen molar-refractivity contribution in [2.75, 3.05) is 6.61 Å². The molecule has 0 radical (unpaired) electrons. The van der Waals surface area contributed by atoms with Gasteiger partial charge in [0.25, 0.3) is 0 Å². The molecule has 0 unspecified atom stereocenters. The SMILES string of the molecule is CCOc1ccc(CC(=O)N/N=C\c2cc(C)n(-c3cccc(Br)c3)c2C)cc1. The number of hydrogen-bond donors (Lipinski definition) is 1. The van der Waals surface area contributed by atoms with Gasteiger partial charge in [-0.1, -0.05) is 34.1 Å². The van der Waals surface area contributed by atoms with E-state index < -0.39 is 0 Å². The lowest BCUT2D eigenvalue weighted by molar-refractivity contribution is -0.120. The van der Waals surface area contributed by atoms with Gasteiger partial charge in [0.15, 0.2) is 0 Å². The maximum atomic E-state index is 12.2. The second-order valence-electron chi connectivity index (χ2n) is 6.69. The van der Waals surface area contributed by atoms with E-state index in [1.165, 1.54) is 0 Å². The number of aryl methyl sites for hydroxylation is 1. The molecule has 5 nitrogen and oxygen atoms in total. The highest BCUT2D eigenvalue weighted by Gasteiger charge is 2.10. The number of hydrazone groups is 1. The van der Waals surface area contributed by atoms with E-state index in [1.54, 1.807) is 6.21 Å². The number of ether oxygens (including phenoxy) is 1. The third-order valence-corrected chi connectivity index (χ3v) is 5.02. The monoisotopic (exact) mass is 453 g/mol. The Labute approximate surface area is 179 Å². The molecule has 6 heteroatoms. The van der Waals surface area contributed by atoms with Crippen LogP contribution in [0.3, 0.4) is 0 Å². The number of nitrogens with one attached hydrogen (secondary N) is 1. The molecule has 0 saturated carbocycles. The van der Waals surface area contributed by atoms with Gasteiger partial charge < -0.3 is 9.30 Å². The summed E-state index contributed by atoms with van der Waals surface area (Å²) in [7, 11) is 0. The van der Waals surface area contributed by atoms with Crippen molar-refractivity contribution in [2.45, 2.75) is 27.2 Å². The summed E-state index contributed by atoms with van der Waals surface area (Å²) in [6, 6.07) is 17.7. The summed E-state index contributed by atoms with van der Waals surface area (Å²) < 4.78 is 8.60. The van der Waals surface area contributed by atoms with E-state index in [0.29, 0.717) is 6.61 Å². The van der Waals surface area contributed by atoms with Gasteiger partial charge in [-0.15, -0.1) is 0 Å². The Morgan fingerprint density at radius 3 is 2.62 bits per heavy atom. The molecule has 0 aliphatic heterocycles. The molecule has 0 atom stereocenters. The van der Waals surface area contributed by atoms with Crippen molar-refractivity contribution in [3.63, 3.8) is 0 Å². The molecule has 1 heterocycles. The fourth-order valence-electron chi connectivity index (χ4n) is 3.20. The number of halogens is 1. The van der Waals surface area contributed by atoms with Crippen LogP contribution in [-0.4, -0.2) is 23.3 Å². The van der Waals surface area contributed by atoms with Crippen LogP contribution >= 0.6 is 15.9 Å². The summed E-state index contributed by atoms with van der Waals surface area (Å²) in [4.78, 5) is 12.2. The first kappa shape index (κ1) is 20.9. The Hall–Kier alpha value is -2.86. The summed E-state index contributed by atoms with van der Waals surface area (Å²) in [5.41, 5.74) is 7.72. The smallest absolute Gasteiger partial charge is 0.244 e. The summed E-state index contributed by atoms with van der Waals surface area (Å²) in [5.74, 6) is 0.640. The van der Waals surface area contributed by atoms with Crippen LogP contribution in [0.2, 0.25) is 0 Å². The molecule has 1 amide bonds. The van der Waals surface area contributed by atoms with Crippen LogP contribution in [0, 0.1) is 13.8 Å². The van der Waals surface area contributed by atoms with E-state index >= 15 is 0 Å². The number of carbonyl (C=O) groups excluding carboxylic acids is 1. The fraction of sp³-hybridized carbons (Fsp3) is 0.217. The zero-order valence-corrected chi connectivity index (χ0v) is 18.4. The van der Waals surface area contributed by atoms with Gasteiger partial charge in [0, 0.05) is 27.1 Å². The lowest BCUT2D eigenvalue weighted by Gasteiger charge is -2.09. The van der Waals surface area contributed by atoms with Crippen molar-refractivity contribution in [1.29, 1.82) is 0 Å². The van der Waals surface area contributed by atoms with Gasteiger partial charge in [-0.3, -0.25) is 4.79 Å². The Morgan fingerprint density at radius 1 is 1.17 bits per heavy atom. The highest BCUT2D eigenvalue weighted by atomic mass is 79.9. The normalized spacial score (nSPS) is 11.0. The average Bonchev–Trinajstić information content (AvgIpc) is 2.97. The van der Waals surface area contributed by atoms with E-state index in [0.717, 1.165) is 38.4 Å². The standard InChI is InChI=1S/C23H24BrN3O2/c1-4-29-22-10-8-18(9-11-22)13-23(28)26-25-15-19-12-16(2)27(17(19)3)21-7-5-6-20(24)14-21/h5-12,14-15H,4,13H2,1-3H3,(H,26,28)/b25-15-. The molecule has 2 aromatic carbocycles. The number of carbonyl (C=O) groups is 1. The second kappa shape index (κ2) is 9.56. The number of rotatable bonds is 7. The molecular formula is C23H24BrN3O2. The lowest BCUT2D eigenvalue weighted by Crippen LogP contribution is -2.19. The largest absolute Gasteiger partial charge is 0.494 e. The van der Waals surface area contributed by atoms with Crippen molar-refractivity contribution in [2.24, 2.45) is 5.10 Å². The number of nitrogens with zero attached hydrogens (tertiary/aromatic N) is 2. The molecule has 1 aromatic heterocycles. The minimum absolute atomic E-state index is 0.161. The molecule has 0 spiro atoms. The molecule has 0 saturated heterocycles. The van der Waals surface area contributed by atoms with Crippen LogP contribution in [0.25, 0.3) is 5.69 Å². The second-order valence-corrected chi connectivity index (χ2v) is 7.60. The van der Waals surface area contributed by atoms with Gasteiger partial charge in [-0.25, -0.2) is 5.43 Å². The Morgan fingerprint density at radius 2 is 1.93 bits per heavy atom. The maximum Gasteiger partial charge on any atom is 0.244 e. The van der Waals surface area contributed by atoms with Crippen molar-refractivity contribution in [1.82, 2.24) is 9.99 Å². The highest BCUT2D eigenvalue weighted by molar-refractivity contribution is 9.10. The molecule has 3 aromatic rings. The van der Waals surface area contributed by atoms with Crippen LogP contribution in [0.1, 0.15) is 29.4 Å². The van der Waals surface area contributed by atoms with Gasteiger partial charge in [0.1, 0.15) is 5.75 Å². The number of amides is 1. The van der Waals surface area contributed by atoms with Gasteiger partial charge in [0.2, 0.25) is 5.91 Å². The molecule has 3 rings (SSSR count). The third kappa shape index (κ3) is 5.35. The number of benzene rings is 2. The van der Waals surface area contributed by atoms with Crippen LogP contribution in [0.15, 0.2) is 64.2 Å². The molecule has 29 heavy (non-hydrogen) atoms. The molecule has 0 aliphatic rings. The Balaban J connectivity index is 1.64. The van der Waals surface area contributed by atoms with E-state index in [4.69, 9.17) is 4.74 Å². The van der Waals surface area contributed by atoms with E-state index in [9.17, 15) is 4.79 Å². The van der Waals surface area contributed by atoms with Crippen LogP contribution < -0.4 is 10.2 Å². The van der Waals surface area contributed by atoms with Gasteiger partial charge in [0.05, 0.1) is 19.2 Å². The predicted octanol–water partition coefficient (Wildman–Crippen LogP) is 4.95. The van der Waals surface area contributed by atoms with Crippen LogP contribution in [0.4, 0.5) is 0 Å².